The number of amides is 1. The van der Waals surface area contributed by atoms with Gasteiger partial charge < -0.3 is 4.74 Å². The normalized spacial score (nSPS) is 12.9. The van der Waals surface area contributed by atoms with Crippen LogP contribution in [-0.2, 0) is 4.79 Å². The SMILES string of the molecule is O=C(CN1C(=O)COc2ccc(-c3csc(-c4ccccn4)n3)cc21)c1ccc(Cl)cc1. The maximum absolute atomic E-state index is 12.8. The molecule has 1 aliphatic heterocycles. The van der Waals surface area contributed by atoms with Crippen molar-refractivity contribution in [3.63, 3.8) is 0 Å². The topological polar surface area (TPSA) is 72.4 Å². The predicted octanol–water partition coefficient (Wildman–Crippen LogP) is 5.13. The quantitative estimate of drug-likeness (QED) is 0.385. The van der Waals surface area contributed by atoms with Gasteiger partial charge in [-0.1, -0.05) is 17.7 Å². The Hall–Kier alpha value is -3.55. The van der Waals surface area contributed by atoms with E-state index < -0.39 is 0 Å². The lowest BCUT2D eigenvalue weighted by molar-refractivity contribution is -0.121. The number of hydrogen-bond acceptors (Lipinski definition) is 6. The molecule has 0 fully saturated rings. The zero-order valence-corrected chi connectivity index (χ0v) is 18.3. The molecule has 0 saturated carbocycles. The van der Waals surface area contributed by atoms with Crippen LogP contribution in [0.4, 0.5) is 5.69 Å². The molecule has 0 bridgehead atoms. The number of benzene rings is 2. The largest absolute Gasteiger partial charge is 0.482 e. The first kappa shape index (κ1) is 20.4. The molecule has 158 valence electrons. The monoisotopic (exact) mass is 461 g/mol. The number of ketones is 1. The molecule has 1 amide bonds. The van der Waals surface area contributed by atoms with Crippen molar-refractivity contribution in [2.24, 2.45) is 0 Å². The molecule has 0 atom stereocenters. The van der Waals surface area contributed by atoms with Crippen molar-refractivity contribution >= 4 is 40.3 Å². The van der Waals surface area contributed by atoms with Crippen LogP contribution >= 0.6 is 22.9 Å². The summed E-state index contributed by atoms with van der Waals surface area (Å²) in [6.07, 6.45) is 1.73. The van der Waals surface area contributed by atoms with Crippen molar-refractivity contribution in [2.75, 3.05) is 18.1 Å². The van der Waals surface area contributed by atoms with Crippen LogP contribution in [0.15, 0.2) is 72.2 Å². The summed E-state index contributed by atoms with van der Waals surface area (Å²) in [6, 6.07) is 17.8. The van der Waals surface area contributed by atoms with Gasteiger partial charge in [0.1, 0.15) is 10.8 Å². The Morgan fingerprint density at radius 2 is 1.94 bits per heavy atom. The van der Waals surface area contributed by atoms with Gasteiger partial charge >= 0.3 is 0 Å². The summed E-state index contributed by atoms with van der Waals surface area (Å²) >= 11 is 7.41. The number of ether oxygens (including phenoxy) is 1. The number of thiazole rings is 1. The number of aromatic nitrogens is 2. The first-order valence-corrected chi connectivity index (χ1v) is 11.1. The second kappa shape index (κ2) is 8.53. The van der Waals surface area contributed by atoms with Crippen LogP contribution in [-0.4, -0.2) is 34.8 Å². The molecule has 1 aliphatic rings. The van der Waals surface area contributed by atoms with Gasteiger partial charge in [-0.15, -0.1) is 11.3 Å². The van der Waals surface area contributed by atoms with E-state index in [4.69, 9.17) is 21.3 Å². The number of fused-ring (bicyclic) bond motifs is 1. The first-order valence-electron chi connectivity index (χ1n) is 9.82. The van der Waals surface area contributed by atoms with Crippen molar-refractivity contribution < 1.29 is 14.3 Å². The van der Waals surface area contributed by atoms with Crippen LogP contribution in [0, 0.1) is 0 Å². The molecule has 0 spiro atoms. The highest BCUT2D eigenvalue weighted by Gasteiger charge is 2.28. The Morgan fingerprint density at radius 3 is 2.72 bits per heavy atom. The van der Waals surface area contributed by atoms with Gasteiger partial charge in [0.15, 0.2) is 12.4 Å². The molecule has 0 radical (unpaired) electrons. The van der Waals surface area contributed by atoms with E-state index in [9.17, 15) is 9.59 Å². The standard InChI is InChI=1S/C24H16ClN3O3S/c25-17-7-4-15(5-8-17)21(29)12-28-20-11-16(6-9-22(20)31-13-23(28)30)19-14-32-24(27-19)18-3-1-2-10-26-18/h1-11,14H,12-13H2. The minimum absolute atomic E-state index is 0.0868. The number of carbonyl (C=O) groups excluding carboxylic acids is 2. The summed E-state index contributed by atoms with van der Waals surface area (Å²) < 4.78 is 5.59. The third-order valence-electron chi connectivity index (χ3n) is 5.05. The van der Waals surface area contributed by atoms with Gasteiger partial charge in [-0.25, -0.2) is 4.98 Å². The van der Waals surface area contributed by atoms with Gasteiger partial charge in [-0.05, 0) is 54.6 Å². The molecule has 0 saturated heterocycles. The van der Waals surface area contributed by atoms with Crippen LogP contribution in [0.3, 0.4) is 0 Å². The number of halogens is 1. The lowest BCUT2D eigenvalue weighted by atomic mass is 10.1. The number of Topliss-reactive ketones (excluding diaryl/α,β-unsaturated/α-hetero) is 1. The Labute approximate surface area is 193 Å². The smallest absolute Gasteiger partial charge is 0.265 e. The van der Waals surface area contributed by atoms with Crippen LogP contribution in [0.2, 0.25) is 5.02 Å². The van der Waals surface area contributed by atoms with Crippen LogP contribution in [0.1, 0.15) is 10.4 Å². The van der Waals surface area contributed by atoms with Crippen LogP contribution in [0.5, 0.6) is 5.75 Å². The maximum Gasteiger partial charge on any atom is 0.265 e. The fourth-order valence-electron chi connectivity index (χ4n) is 3.42. The predicted molar refractivity (Wildman–Crippen MR) is 124 cm³/mol. The molecule has 0 N–H and O–H groups in total. The van der Waals surface area contributed by atoms with Gasteiger partial charge in [0.25, 0.3) is 5.91 Å². The molecule has 8 heteroatoms. The van der Waals surface area contributed by atoms with Crippen LogP contribution in [0.25, 0.3) is 22.0 Å². The van der Waals surface area contributed by atoms with Crippen molar-refractivity contribution in [3.8, 4) is 27.7 Å². The molecular weight excluding hydrogens is 446 g/mol. The fraction of sp³-hybridized carbons (Fsp3) is 0.0833. The highest BCUT2D eigenvalue weighted by atomic mass is 35.5. The Bertz CT molecular complexity index is 1310. The van der Waals surface area contributed by atoms with Crippen LogP contribution < -0.4 is 9.64 Å². The van der Waals surface area contributed by atoms with Crippen molar-refractivity contribution in [3.05, 3.63) is 82.8 Å². The Kier molecular flexibility index (Phi) is 5.43. The molecule has 3 heterocycles. The summed E-state index contributed by atoms with van der Waals surface area (Å²) in [7, 11) is 0. The van der Waals surface area contributed by atoms with Crippen molar-refractivity contribution in [1.82, 2.24) is 9.97 Å². The molecule has 2 aromatic heterocycles. The molecule has 2 aromatic carbocycles. The van der Waals surface area contributed by atoms with E-state index in [2.05, 4.69) is 4.98 Å². The van der Waals surface area contributed by atoms with Crippen molar-refractivity contribution in [2.45, 2.75) is 0 Å². The molecule has 32 heavy (non-hydrogen) atoms. The molecular formula is C24H16ClN3O3S. The molecule has 0 unspecified atom stereocenters. The molecule has 4 aromatic rings. The van der Waals surface area contributed by atoms with E-state index in [1.807, 2.05) is 35.7 Å². The van der Waals surface area contributed by atoms with Gasteiger partial charge in [-0.2, -0.15) is 0 Å². The highest BCUT2D eigenvalue weighted by Crippen LogP contribution is 2.37. The minimum Gasteiger partial charge on any atom is -0.482 e. The molecule has 0 aliphatic carbocycles. The zero-order chi connectivity index (χ0) is 22.1. The average Bonchev–Trinajstić information content (AvgIpc) is 3.32. The molecule has 5 rings (SSSR count). The molecule has 6 nitrogen and oxygen atoms in total. The first-order chi connectivity index (χ1) is 15.6. The van der Waals surface area contributed by atoms with Gasteiger partial charge in [0.05, 0.1) is 23.6 Å². The zero-order valence-electron chi connectivity index (χ0n) is 16.7. The average molecular weight is 462 g/mol. The van der Waals surface area contributed by atoms with Gasteiger partial charge in [-0.3, -0.25) is 19.5 Å². The van der Waals surface area contributed by atoms with E-state index in [1.54, 1.807) is 36.5 Å². The number of anilines is 1. The highest BCUT2D eigenvalue weighted by molar-refractivity contribution is 7.13. The van der Waals surface area contributed by atoms with E-state index >= 15 is 0 Å². The summed E-state index contributed by atoms with van der Waals surface area (Å²) in [4.78, 5) is 35.9. The minimum atomic E-state index is -0.274. The lowest BCUT2D eigenvalue weighted by Crippen LogP contribution is -2.42. The number of hydrogen-bond donors (Lipinski definition) is 0. The van der Waals surface area contributed by atoms with Gasteiger partial charge in [0.2, 0.25) is 0 Å². The summed E-state index contributed by atoms with van der Waals surface area (Å²) in [5.41, 5.74) is 3.43. The van der Waals surface area contributed by atoms with E-state index in [1.165, 1.54) is 16.2 Å². The van der Waals surface area contributed by atoms with E-state index in [0.29, 0.717) is 22.0 Å². The Morgan fingerprint density at radius 1 is 1.09 bits per heavy atom. The summed E-state index contributed by atoms with van der Waals surface area (Å²) in [5, 5.41) is 3.30. The third kappa shape index (κ3) is 4.00. The van der Waals surface area contributed by atoms with E-state index in [-0.39, 0.29) is 24.8 Å². The van der Waals surface area contributed by atoms with Crippen molar-refractivity contribution in [1.29, 1.82) is 0 Å². The fourth-order valence-corrected chi connectivity index (χ4v) is 4.35. The number of rotatable bonds is 5. The number of pyridine rings is 1. The lowest BCUT2D eigenvalue weighted by Gasteiger charge is -2.29. The summed E-state index contributed by atoms with van der Waals surface area (Å²) in [6.45, 7) is -0.197. The summed E-state index contributed by atoms with van der Waals surface area (Å²) in [5.74, 6) is 0.0983. The second-order valence-corrected chi connectivity index (χ2v) is 8.43. The third-order valence-corrected chi connectivity index (χ3v) is 6.17. The number of nitrogens with zero attached hydrogens (tertiary/aromatic N) is 3. The van der Waals surface area contributed by atoms with Gasteiger partial charge in [0, 0.05) is 27.7 Å². The number of carbonyl (C=O) groups is 2. The Balaban J connectivity index is 1.45. The van der Waals surface area contributed by atoms with E-state index in [0.717, 1.165) is 22.0 Å². The maximum atomic E-state index is 12.8. The second-order valence-electron chi connectivity index (χ2n) is 7.13.